The van der Waals surface area contributed by atoms with Gasteiger partial charge in [-0.25, -0.2) is 4.90 Å². The first-order valence-corrected chi connectivity index (χ1v) is 9.03. The Morgan fingerprint density at radius 1 is 1.19 bits per heavy atom. The first kappa shape index (κ1) is 18.4. The molecule has 2 aliphatic rings. The maximum Gasteiger partial charge on any atom is 0.257 e. The highest BCUT2D eigenvalue weighted by molar-refractivity contribution is 6.23. The maximum atomic E-state index is 13.0. The van der Waals surface area contributed by atoms with Crippen LogP contribution in [0.15, 0.2) is 24.3 Å². The zero-order valence-electron chi connectivity index (χ0n) is 15.8. The van der Waals surface area contributed by atoms with Crippen molar-refractivity contribution in [1.29, 1.82) is 0 Å². The first-order chi connectivity index (χ1) is 12.2. The Balaban J connectivity index is 1.82. The number of benzene rings is 1. The summed E-state index contributed by atoms with van der Waals surface area (Å²) in [6.07, 6.45) is 2.22. The summed E-state index contributed by atoms with van der Waals surface area (Å²) in [4.78, 5) is 41.2. The van der Waals surface area contributed by atoms with E-state index in [1.807, 2.05) is 20.8 Å². The summed E-state index contributed by atoms with van der Waals surface area (Å²) in [6.45, 7) is 6.00. The average Bonchev–Trinajstić information content (AvgIpc) is 3.33. The van der Waals surface area contributed by atoms with Crippen LogP contribution in [0.3, 0.4) is 0 Å². The number of carbonyl (C=O) groups is 3. The largest absolute Gasteiger partial charge is 0.497 e. The van der Waals surface area contributed by atoms with Crippen molar-refractivity contribution in [2.24, 2.45) is 5.41 Å². The number of ether oxygens (including phenoxy) is 1. The fraction of sp³-hybridized carbons (Fsp3) is 0.550. The smallest absolute Gasteiger partial charge is 0.257 e. The van der Waals surface area contributed by atoms with Crippen molar-refractivity contribution in [2.75, 3.05) is 12.0 Å². The molecule has 26 heavy (non-hydrogen) atoms. The monoisotopic (exact) mass is 358 g/mol. The predicted molar refractivity (Wildman–Crippen MR) is 97.8 cm³/mol. The molecule has 1 aromatic carbocycles. The zero-order valence-corrected chi connectivity index (χ0v) is 15.8. The number of hydrogen-bond donors (Lipinski definition) is 0. The van der Waals surface area contributed by atoms with Gasteiger partial charge in [0.15, 0.2) is 0 Å². The number of hydrogen-bond acceptors (Lipinski definition) is 4. The van der Waals surface area contributed by atoms with Gasteiger partial charge in [-0.3, -0.25) is 14.4 Å². The third-order valence-corrected chi connectivity index (χ3v) is 4.70. The summed E-state index contributed by atoms with van der Waals surface area (Å²) in [6, 6.07) is 6.21. The van der Waals surface area contributed by atoms with Crippen LogP contribution >= 0.6 is 0 Å². The fourth-order valence-electron chi connectivity index (χ4n) is 3.37. The van der Waals surface area contributed by atoms with E-state index in [0.717, 1.165) is 12.8 Å². The topological polar surface area (TPSA) is 66.9 Å². The number of methoxy groups -OCH3 is 1. The third-order valence-electron chi connectivity index (χ3n) is 4.70. The van der Waals surface area contributed by atoms with Crippen LogP contribution in [-0.4, -0.2) is 41.8 Å². The van der Waals surface area contributed by atoms with Gasteiger partial charge in [0.05, 0.1) is 19.2 Å². The molecule has 1 heterocycles. The molecule has 1 aromatic rings. The molecule has 3 rings (SSSR count). The van der Waals surface area contributed by atoms with Crippen molar-refractivity contribution in [3.8, 4) is 5.75 Å². The van der Waals surface area contributed by atoms with Gasteiger partial charge in [0, 0.05) is 12.5 Å². The van der Waals surface area contributed by atoms with Crippen molar-refractivity contribution in [2.45, 2.75) is 58.5 Å². The molecule has 1 aliphatic carbocycles. The van der Waals surface area contributed by atoms with Crippen LogP contribution in [0.1, 0.15) is 46.5 Å². The Labute approximate surface area is 154 Å². The normalized spacial score (nSPS) is 20.5. The van der Waals surface area contributed by atoms with E-state index in [1.54, 1.807) is 36.3 Å². The van der Waals surface area contributed by atoms with Gasteiger partial charge in [0.25, 0.3) is 5.91 Å². The molecular formula is C20H26N2O4. The van der Waals surface area contributed by atoms with E-state index in [4.69, 9.17) is 4.74 Å². The molecule has 0 spiro atoms. The number of amides is 3. The molecule has 140 valence electrons. The van der Waals surface area contributed by atoms with Gasteiger partial charge in [0.2, 0.25) is 11.8 Å². The molecule has 1 saturated carbocycles. The molecule has 1 atom stereocenters. The quantitative estimate of drug-likeness (QED) is 0.759. The molecule has 1 unspecified atom stereocenters. The fourth-order valence-corrected chi connectivity index (χ4v) is 3.37. The second kappa shape index (κ2) is 6.74. The van der Waals surface area contributed by atoms with Crippen LogP contribution in [0.25, 0.3) is 0 Å². The second-order valence-corrected chi connectivity index (χ2v) is 8.25. The third kappa shape index (κ3) is 3.74. The lowest BCUT2D eigenvalue weighted by Gasteiger charge is -2.30. The molecular weight excluding hydrogens is 332 g/mol. The van der Waals surface area contributed by atoms with Gasteiger partial charge in [0.1, 0.15) is 11.8 Å². The van der Waals surface area contributed by atoms with Crippen molar-refractivity contribution in [3.63, 3.8) is 0 Å². The summed E-state index contributed by atoms with van der Waals surface area (Å²) >= 11 is 0. The standard InChI is InChI=1S/C20H26N2O4/c1-20(2,3)12-18(24)21(13-5-6-13)16-11-17(23)22(19(16)25)14-7-9-15(26-4)10-8-14/h7-10,13,16H,5-6,11-12H2,1-4H3. The van der Waals surface area contributed by atoms with Crippen molar-refractivity contribution in [3.05, 3.63) is 24.3 Å². The van der Waals surface area contributed by atoms with Gasteiger partial charge >= 0.3 is 0 Å². The van der Waals surface area contributed by atoms with Crippen LogP contribution in [0.4, 0.5) is 5.69 Å². The van der Waals surface area contributed by atoms with E-state index in [0.29, 0.717) is 17.9 Å². The Kier molecular flexibility index (Phi) is 4.78. The Morgan fingerprint density at radius 2 is 1.81 bits per heavy atom. The highest BCUT2D eigenvalue weighted by Gasteiger charge is 2.48. The number of carbonyl (C=O) groups excluding carboxylic acids is 3. The molecule has 3 amide bonds. The molecule has 6 nitrogen and oxygen atoms in total. The Hall–Kier alpha value is -2.37. The summed E-state index contributed by atoms with van der Waals surface area (Å²) in [7, 11) is 1.56. The zero-order chi connectivity index (χ0) is 19.1. The van der Waals surface area contributed by atoms with E-state index >= 15 is 0 Å². The lowest BCUT2D eigenvalue weighted by Crippen LogP contribution is -2.47. The van der Waals surface area contributed by atoms with Gasteiger partial charge in [-0.15, -0.1) is 0 Å². The van der Waals surface area contributed by atoms with Crippen LogP contribution in [0, 0.1) is 5.41 Å². The lowest BCUT2D eigenvalue weighted by molar-refractivity contribution is -0.140. The van der Waals surface area contributed by atoms with Crippen molar-refractivity contribution < 1.29 is 19.1 Å². The summed E-state index contributed by atoms with van der Waals surface area (Å²) in [5.74, 6) is 0.0424. The van der Waals surface area contributed by atoms with Gasteiger partial charge in [-0.2, -0.15) is 0 Å². The van der Waals surface area contributed by atoms with Crippen molar-refractivity contribution in [1.82, 2.24) is 4.90 Å². The van der Waals surface area contributed by atoms with Crippen molar-refractivity contribution >= 4 is 23.4 Å². The van der Waals surface area contributed by atoms with E-state index in [2.05, 4.69) is 0 Å². The summed E-state index contributed by atoms with van der Waals surface area (Å²) in [5.41, 5.74) is 0.355. The number of imide groups is 1. The molecule has 0 aromatic heterocycles. The SMILES string of the molecule is COc1ccc(N2C(=O)CC(N(C(=O)CC(C)(C)C)C3CC3)C2=O)cc1. The van der Waals surface area contributed by atoms with Crippen LogP contribution in [0.2, 0.25) is 0 Å². The van der Waals surface area contributed by atoms with Gasteiger partial charge in [-0.1, -0.05) is 20.8 Å². The summed E-state index contributed by atoms with van der Waals surface area (Å²) < 4.78 is 5.12. The predicted octanol–water partition coefficient (Wildman–Crippen LogP) is 2.75. The molecule has 0 bridgehead atoms. The first-order valence-electron chi connectivity index (χ1n) is 9.03. The minimum absolute atomic E-state index is 0.0391. The molecule has 6 heteroatoms. The van der Waals surface area contributed by atoms with Gasteiger partial charge < -0.3 is 9.64 Å². The molecule has 2 fully saturated rings. The number of rotatable bonds is 5. The number of nitrogens with zero attached hydrogens (tertiary/aromatic N) is 2. The van der Waals surface area contributed by atoms with Crippen LogP contribution in [0.5, 0.6) is 5.75 Å². The minimum Gasteiger partial charge on any atom is -0.497 e. The molecule has 0 N–H and O–H groups in total. The van der Waals surface area contributed by atoms with Gasteiger partial charge in [-0.05, 0) is 42.5 Å². The van der Waals surface area contributed by atoms with E-state index in [1.165, 1.54) is 4.90 Å². The lowest BCUT2D eigenvalue weighted by atomic mass is 9.91. The minimum atomic E-state index is -0.688. The second-order valence-electron chi connectivity index (χ2n) is 8.25. The number of anilines is 1. The van der Waals surface area contributed by atoms with E-state index in [-0.39, 0.29) is 35.6 Å². The average molecular weight is 358 g/mol. The molecule has 1 saturated heterocycles. The Morgan fingerprint density at radius 3 is 2.31 bits per heavy atom. The Bertz CT molecular complexity index is 716. The molecule has 0 radical (unpaired) electrons. The maximum absolute atomic E-state index is 13.0. The van der Waals surface area contributed by atoms with Crippen LogP contribution < -0.4 is 9.64 Å². The van der Waals surface area contributed by atoms with Crippen LogP contribution in [-0.2, 0) is 14.4 Å². The summed E-state index contributed by atoms with van der Waals surface area (Å²) in [5, 5.41) is 0. The highest BCUT2D eigenvalue weighted by Crippen LogP contribution is 2.36. The highest BCUT2D eigenvalue weighted by atomic mass is 16.5. The molecule has 1 aliphatic heterocycles. The van der Waals surface area contributed by atoms with E-state index < -0.39 is 6.04 Å². The van der Waals surface area contributed by atoms with E-state index in [9.17, 15) is 14.4 Å².